The van der Waals surface area contributed by atoms with E-state index in [1.54, 1.807) is 6.20 Å². The molecular weight excluding hydrogens is 214 g/mol. The smallest absolute Gasteiger partial charge is 0.220 e. The molecule has 1 aromatic heterocycles. The first-order valence-electron chi connectivity index (χ1n) is 6.08. The minimum atomic E-state index is 0.0370. The maximum atomic E-state index is 11.5. The van der Waals surface area contributed by atoms with Crippen molar-refractivity contribution in [1.82, 2.24) is 10.3 Å². The number of amides is 1. The predicted molar refractivity (Wildman–Crippen MR) is 68.3 cm³/mol. The Morgan fingerprint density at radius 1 is 1.59 bits per heavy atom. The number of carbonyl (C=O) groups excluding carboxylic acids is 1. The number of nitrogens with one attached hydrogen (secondary N) is 1. The third-order valence-corrected chi connectivity index (χ3v) is 2.65. The van der Waals surface area contributed by atoms with Gasteiger partial charge in [0.15, 0.2) is 0 Å². The van der Waals surface area contributed by atoms with Gasteiger partial charge >= 0.3 is 0 Å². The standard InChI is InChI=1S/C13H21N3O/c1-3-11-5-4-8-15-12(11)9-16-13(17)7-6-10(2)14/h4-5,8,10H,3,6-7,9,14H2,1-2H3,(H,16,17). The zero-order valence-electron chi connectivity index (χ0n) is 10.6. The summed E-state index contributed by atoms with van der Waals surface area (Å²) in [5.41, 5.74) is 7.73. The Balaban J connectivity index is 2.42. The summed E-state index contributed by atoms with van der Waals surface area (Å²) in [6.45, 7) is 4.49. The highest BCUT2D eigenvalue weighted by atomic mass is 16.1. The predicted octanol–water partition coefficient (Wildman–Crippen LogP) is 1.39. The Kier molecular flexibility index (Phi) is 5.63. The van der Waals surface area contributed by atoms with Gasteiger partial charge in [0.25, 0.3) is 0 Å². The largest absolute Gasteiger partial charge is 0.350 e. The summed E-state index contributed by atoms with van der Waals surface area (Å²) in [5.74, 6) is 0.0370. The summed E-state index contributed by atoms with van der Waals surface area (Å²) in [5, 5.41) is 2.87. The monoisotopic (exact) mass is 235 g/mol. The summed E-state index contributed by atoms with van der Waals surface area (Å²) in [7, 11) is 0. The summed E-state index contributed by atoms with van der Waals surface area (Å²) in [6, 6.07) is 4.03. The number of carbonyl (C=O) groups is 1. The Labute approximate surface area is 103 Å². The van der Waals surface area contributed by atoms with Gasteiger partial charge in [-0.05, 0) is 31.4 Å². The van der Waals surface area contributed by atoms with Gasteiger partial charge < -0.3 is 11.1 Å². The van der Waals surface area contributed by atoms with Crippen LogP contribution >= 0.6 is 0 Å². The molecule has 1 heterocycles. The molecule has 1 unspecified atom stereocenters. The second-order valence-corrected chi connectivity index (χ2v) is 4.26. The number of aryl methyl sites for hydroxylation is 1. The van der Waals surface area contributed by atoms with Crippen LogP contribution in [0.3, 0.4) is 0 Å². The van der Waals surface area contributed by atoms with Crippen LogP contribution in [0.15, 0.2) is 18.3 Å². The SMILES string of the molecule is CCc1cccnc1CNC(=O)CCC(C)N. The van der Waals surface area contributed by atoms with Gasteiger partial charge in [-0.3, -0.25) is 9.78 Å². The number of pyridine rings is 1. The molecule has 3 N–H and O–H groups in total. The lowest BCUT2D eigenvalue weighted by Crippen LogP contribution is -2.26. The average Bonchev–Trinajstić information content (AvgIpc) is 2.34. The fourth-order valence-corrected chi connectivity index (χ4v) is 1.58. The minimum Gasteiger partial charge on any atom is -0.350 e. The molecule has 4 heteroatoms. The fraction of sp³-hybridized carbons (Fsp3) is 0.538. The summed E-state index contributed by atoms with van der Waals surface area (Å²) in [4.78, 5) is 15.8. The normalized spacial score (nSPS) is 12.2. The van der Waals surface area contributed by atoms with E-state index in [1.165, 1.54) is 5.56 Å². The molecule has 0 saturated carbocycles. The van der Waals surface area contributed by atoms with E-state index in [9.17, 15) is 4.79 Å². The number of nitrogens with two attached hydrogens (primary N) is 1. The molecule has 1 amide bonds. The maximum Gasteiger partial charge on any atom is 0.220 e. The minimum absolute atomic E-state index is 0.0370. The first-order valence-corrected chi connectivity index (χ1v) is 6.08. The molecule has 0 aliphatic heterocycles. The third-order valence-electron chi connectivity index (χ3n) is 2.65. The molecule has 17 heavy (non-hydrogen) atoms. The lowest BCUT2D eigenvalue weighted by Gasteiger charge is -2.09. The highest BCUT2D eigenvalue weighted by Crippen LogP contribution is 2.05. The molecule has 0 aliphatic rings. The fourth-order valence-electron chi connectivity index (χ4n) is 1.58. The van der Waals surface area contributed by atoms with Crippen molar-refractivity contribution in [2.75, 3.05) is 0 Å². The van der Waals surface area contributed by atoms with Crippen LogP contribution in [0.1, 0.15) is 37.9 Å². The van der Waals surface area contributed by atoms with E-state index in [2.05, 4.69) is 17.2 Å². The van der Waals surface area contributed by atoms with Gasteiger partial charge in [-0.1, -0.05) is 13.0 Å². The quantitative estimate of drug-likeness (QED) is 0.783. The van der Waals surface area contributed by atoms with Gasteiger partial charge in [0, 0.05) is 18.7 Å². The van der Waals surface area contributed by atoms with Crippen molar-refractivity contribution in [2.45, 2.75) is 45.7 Å². The molecule has 4 nitrogen and oxygen atoms in total. The summed E-state index contributed by atoms with van der Waals surface area (Å²) < 4.78 is 0. The second-order valence-electron chi connectivity index (χ2n) is 4.26. The number of aromatic nitrogens is 1. The molecule has 0 fully saturated rings. The van der Waals surface area contributed by atoms with Gasteiger partial charge in [0.05, 0.1) is 12.2 Å². The lowest BCUT2D eigenvalue weighted by molar-refractivity contribution is -0.121. The van der Waals surface area contributed by atoms with E-state index >= 15 is 0 Å². The van der Waals surface area contributed by atoms with E-state index in [1.807, 2.05) is 19.1 Å². The van der Waals surface area contributed by atoms with Crippen LogP contribution in [0.5, 0.6) is 0 Å². The van der Waals surface area contributed by atoms with Gasteiger partial charge in [0.1, 0.15) is 0 Å². The second kappa shape index (κ2) is 7.01. The van der Waals surface area contributed by atoms with E-state index in [-0.39, 0.29) is 11.9 Å². The highest BCUT2D eigenvalue weighted by molar-refractivity contribution is 5.75. The number of hydrogen-bond acceptors (Lipinski definition) is 3. The molecule has 1 rings (SSSR count). The zero-order chi connectivity index (χ0) is 12.7. The Hall–Kier alpha value is -1.42. The third kappa shape index (κ3) is 4.95. The van der Waals surface area contributed by atoms with Crippen molar-refractivity contribution in [3.05, 3.63) is 29.6 Å². The maximum absolute atomic E-state index is 11.5. The van der Waals surface area contributed by atoms with Crippen LogP contribution in [0.2, 0.25) is 0 Å². The van der Waals surface area contributed by atoms with Crippen molar-refractivity contribution in [3.63, 3.8) is 0 Å². The first kappa shape index (κ1) is 13.6. The lowest BCUT2D eigenvalue weighted by atomic mass is 10.1. The van der Waals surface area contributed by atoms with Crippen molar-refractivity contribution in [1.29, 1.82) is 0 Å². The van der Waals surface area contributed by atoms with Gasteiger partial charge in [-0.25, -0.2) is 0 Å². The molecule has 0 bridgehead atoms. The van der Waals surface area contributed by atoms with Crippen LogP contribution in [0.25, 0.3) is 0 Å². The van der Waals surface area contributed by atoms with Gasteiger partial charge in [0.2, 0.25) is 5.91 Å². The van der Waals surface area contributed by atoms with Crippen molar-refractivity contribution in [3.8, 4) is 0 Å². The van der Waals surface area contributed by atoms with Crippen molar-refractivity contribution in [2.24, 2.45) is 5.73 Å². The zero-order valence-corrected chi connectivity index (χ0v) is 10.6. The molecule has 0 aliphatic carbocycles. The first-order chi connectivity index (χ1) is 8.13. The molecule has 94 valence electrons. The van der Waals surface area contributed by atoms with Gasteiger partial charge in [-0.15, -0.1) is 0 Å². The van der Waals surface area contributed by atoms with Crippen molar-refractivity contribution >= 4 is 5.91 Å². The molecule has 1 atom stereocenters. The van der Waals surface area contributed by atoms with Crippen LogP contribution in [-0.2, 0) is 17.8 Å². The topological polar surface area (TPSA) is 68.0 Å². The van der Waals surface area contributed by atoms with E-state index in [0.717, 1.165) is 12.1 Å². The molecule has 1 aromatic rings. The number of rotatable bonds is 6. The molecular formula is C13H21N3O. The van der Waals surface area contributed by atoms with Crippen LogP contribution in [-0.4, -0.2) is 16.9 Å². The molecule has 0 radical (unpaired) electrons. The molecule has 0 aromatic carbocycles. The molecule has 0 saturated heterocycles. The average molecular weight is 235 g/mol. The number of nitrogens with zero attached hydrogens (tertiary/aromatic N) is 1. The Bertz CT molecular complexity index is 363. The van der Waals surface area contributed by atoms with Crippen molar-refractivity contribution < 1.29 is 4.79 Å². The van der Waals surface area contributed by atoms with Crippen LogP contribution in [0.4, 0.5) is 0 Å². The Morgan fingerprint density at radius 2 is 2.35 bits per heavy atom. The van der Waals surface area contributed by atoms with Crippen LogP contribution in [0, 0.1) is 0 Å². The van der Waals surface area contributed by atoms with E-state index in [0.29, 0.717) is 19.4 Å². The highest BCUT2D eigenvalue weighted by Gasteiger charge is 2.05. The molecule has 0 spiro atoms. The number of hydrogen-bond donors (Lipinski definition) is 2. The van der Waals surface area contributed by atoms with Gasteiger partial charge in [-0.2, -0.15) is 0 Å². The summed E-state index contributed by atoms with van der Waals surface area (Å²) in [6.07, 6.45) is 3.88. The van der Waals surface area contributed by atoms with Crippen LogP contribution < -0.4 is 11.1 Å². The summed E-state index contributed by atoms with van der Waals surface area (Å²) >= 11 is 0. The Morgan fingerprint density at radius 3 is 3.00 bits per heavy atom. The van der Waals surface area contributed by atoms with E-state index < -0.39 is 0 Å². The van der Waals surface area contributed by atoms with E-state index in [4.69, 9.17) is 5.73 Å².